The van der Waals surface area contributed by atoms with Crippen molar-refractivity contribution in [3.05, 3.63) is 71.8 Å². The number of nitrogens with zero attached hydrogens (tertiary/aromatic N) is 2. The van der Waals surface area contributed by atoms with Crippen molar-refractivity contribution < 1.29 is 0 Å². The van der Waals surface area contributed by atoms with Gasteiger partial charge in [-0.15, -0.1) is 0 Å². The van der Waals surface area contributed by atoms with Crippen LogP contribution in [0, 0.1) is 0 Å². The van der Waals surface area contributed by atoms with Gasteiger partial charge in [-0.1, -0.05) is 36.4 Å². The predicted molar refractivity (Wildman–Crippen MR) is 76.9 cm³/mol. The number of pyridine rings is 1. The second-order valence-corrected chi connectivity index (χ2v) is 4.62. The van der Waals surface area contributed by atoms with Gasteiger partial charge in [0.2, 0.25) is 0 Å². The topological polar surface area (TPSA) is 43.3 Å². The largest absolute Gasteiger partial charge is 0.324 e. The van der Waals surface area contributed by atoms with E-state index >= 15 is 0 Å². The molecule has 3 rings (SSSR count). The number of imidazole rings is 1. The molecule has 0 unspecified atom stereocenters. The van der Waals surface area contributed by atoms with Crippen LogP contribution in [0.5, 0.6) is 0 Å². The maximum atomic E-state index is 5.75. The van der Waals surface area contributed by atoms with Crippen LogP contribution in [-0.2, 0) is 19.4 Å². The lowest BCUT2D eigenvalue weighted by Gasteiger charge is -2.00. The predicted octanol–water partition coefficient (Wildman–Crippen LogP) is 2.58. The minimum atomic E-state index is 0.469. The molecule has 0 radical (unpaired) electrons. The second-order valence-electron chi connectivity index (χ2n) is 4.62. The fraction of sp³-hybridized carbons (Fsp3) is 0.188. The molecule has 3 heteroatoms. The number of aromatic nitrogens is 2. The summed E-state index contributed by atoms with van der Waals surface area (Å²) < 4.78 is 2.08. The van der Waals surface area contributed by atoms with Crippen LogP contribution in [0.15, 0.2) is 54.7 Å². The van der Waals surface area contributed by atoms with Gasteiger partial charge in [0.15, 0.2) is 0 Å². The van der Waals surface area contributed by atoms with Gasteiger partial charge in [-0.3, -0.25) is 0 Å². The summed E-state index contributed by atoms with van der Waals surface area (Å²) in [4.78, 5) is 4.66. The molecular formula is C16H17N3. The van der Waals surface area contributed by atoms with Crippen molar-refractivity contribution in [2.45, 2.75) is 19.4 Å². The third-order valence-corrected chi connectivity index (χ3v) is 3.37. The molecule has 2 aromatic heterocycles. The summed E-state index contributed by atoms with van der Waals surface area (Å²) in [6.07, 6.45) is 3.97. The SMILES string of the molecule is NCc1nc(CCc2ccccc2)c2ccccn12. The number of fused-ring (bicyclic) bond motifs is 1. The molecule has 0 aliphatic carbocycles. The molecule has 0 aliphatic rings. The first-order valence-electron chi connectivity index (χ1n) is 6.57. The number of nitrogens with two attached hydrogens (primary N) is 1. The van der Waals surface area contributed by atoms with Gasteiger partial charge in [-0.05, 0) is 30.5 Å². The monoisotopic (exact) mass is 251 g/mol. The van der Waals surface area contributed by atoms with Crippen LogP contribution in [0.1, 0.15) is 17.1 Å². The highest BCUT2D eigenvalue weighted by molar-refractivity contribution is 5.53. The molecule has 2 heterocycles. The van der Waals surface area contributed by atoms with Gasteiger partial charge in [0, 0.05) is 6.20 Å². The minimum Gasteiger partial charge on any atom is -0.324 e. The van der Waals surface area contributed by atoms with E-state index in [4.69, 9.17) is 5.73 Å². The van der Waals surface area contributed by atoms with Crippen molar-refractivity contribution in [2.24, 2.45) is 5.73 Å². The molecule has 3 nitrogen and oxygen atoms in total. The Morgan fingerprint density at radius 3 is 2.53 bits per heavy atom. The molecule has 0 aliphatic heterocycles. The smallest absolute Gasteiger partial charge is 0.127 e. The highest BCUT2D eigenvalue weighted by atomic mass is 15.0. The molecule has 0 atom stereocenters. The fourth-order valence-corrected chi connectivity index (χ4v) is 2.41. The molecule has 3 aromatic rings. The van der Waals surface area contributed by atoms with E-state index in [1.807, 2.05) is 24.4 Å². The Hall–Kier alpha value is -2.13. The Morgan fingerprint density at radius 1 is 0.947 bits per heavy atom. The van der Waals surface area contributed by atoms with E-state index in [0.29, 0.717) is 6.54 Å². The van der Waals surface area contributed by atoms with E-state index in [2.05, 4.69) is 39.7 Å². The van der Waals surface area contributed by atoms with Crippen molar-refractivity contribution in [3.63, 3.8) is 0 Å². The summed E-state index contributed by atoms with van der Waals surface area (Å²) in [5.74, 6) is 0.929. The molecule has 0 fully saturated rings. The van der Waals surface area contributed by atoms with Crippen LogP contribution >= 0.6 is 0 Å². The number of aryl methyl sites for hydroxylation is 2. The fourth-order valence-electron chi connectivity index (χ4n) is 2.41. The van der Waals surface area contributed by atoms with Crippen LogP contribution in [0.3, 0.4) is 0 Å². The van der Waals surface area contributed by atoms with E-state index in [-0.39, 0.29) is 0 Å². The summed E-state index contributed by atoms with van der Waals surface area (Å²) in [6.45, 7) is 0.469. The highest BCUT2D eigenvalue weighted by Crippen LogP contribution is 2.15. The van der Waals surface area contributed by atoms with Crippen molar-refractivity contribution >= 4 is 5.52 Å². The molecule has 0 amide bonds. The summed E-state index contributed by atoms with van der Waals surface area (Å²) >= 11 is 0. The Morgan fingerprint density at radius 2 is 1.74 bits per heavy atom. The molecular weight excluding hydrogens is 234 g/mol. The van der Waals surface area contributed by atoms with Crippen LogP contribution in [0.4, 0.5) is 0 Å². The lowest BCUT2D eigenvalue weighted by Crippen LogP contribution is -2.01. The van der Waals surface area contributed by atoms with Gasteiger partial charge in [0.25, 0.3) is 0 Å². The van der Waals surface area contributed by atoms with Crippen molar-refractivity contribution in [1.82, 2.24) is 9.38 Å². The molecule has 0 saturated carbocycles. The third-order valence-electron chi connectivity index (χ3n) is 3.37. The van der Waals surface area contributed by atoms with Crippen LogP contribution in [0.25, 0.3) is 5.52 Å². The Kier molecular flexibility index (Phi) is 3.29. The first-order valence-corrected chi connectivity index (χ1v) is 6.57. The lowest BCUT2D eigenvalue weighted by atomic mass is 10.1. The minimum absolute atomic E-state index is 0.469. The average molecular weight is 251 g/mol. The van der Waals surface area contributed by atoms with E-state index in [1.54, 1.807) is 0 Å². The standard InChI is InChI=1S/C16H17N3/c17-12-16-18-14(15-8-4-5-11-19(15)16)10-9-13-6-2-1-3-7-13/h1-8,11H,9-10,12,17H2. The summed E-state index contributed by atoms with van der Waals surface area (Å²) in [6, 6.07) is 16.7. The number of hydrogen-bond acceptors (Lipinski definition) is 2. The second kappa shape index (κ2) is 5.24. The van der Waals surface area contributed by atoms with E-state index in [0.717, 1.165) is 24.4 Å². The molecule has 19 heavy (non-hydrogen) atoms. The zero-order chi connectivity index (χ0) is 13.1. The van der Waals surface area contributed by atoms with Gasteiger partial charge in [0.05, 0.1) is 17.8 Å². The molecule has 0 saturated heterocycles. The first kappa shape index (κ1) is 11.9. The molecule has 96 valence electrons. The quantitative estimate of drug-likeness (QED) is 0.774. The van der Waals surface area contributed by atoms with E-state index < -0.39 is 0 Å². The number of hydrogen-bond donors (Lipinski definition) is 1. The highest BCUT2D eigenvalue weighted by Gasteiger charge is 2.09. The summed E-state index contributed by atoms with van der Waals surface area (Å²) in [5.41, 5.74) is 9.39. The third kappa shape index (κ3) is 2.37. The van der Waals surface area contributed by atoms with E-state index in [1.165, 1.54) is 11.1 Å². The van der Waals surface area contributed by atoms with E-state index in [9.17, 15) is 0 Å². The summed E-state index contributed by atoms with van der Waals surface area (Å²) in [7, 11) is 0. The average Bonchev–Trinajstić information content (AvgIpc) is 2.84. The van der Waals surface area contributed by atoms with Crippen molar-refractivity contribution in [3.8, 4) is 0 Å². The van der Waals surface area contributed by atoms with Crippen LogP contribution in [-0.4, -0.2) is 9.38 Å². The van der Waals surface area contributed by atoms with Crippen molar-refractivity contribution in [2.75, 3.05) is 0 Å². The van der Waals surface area contributed by atoms with Crippen LogP contribution < -0.4 is 5.73 Å². The molecule has 2 N–H and O–H groups in total. The van der Waals surface area contributed by atoms with Crippen LogP contribution in [0.2, 0.25) is 0 Å². The number of rotatable bonds is 4. The van der Waals surface area contributed by atoms with Gasteiger partial charge < -0.3 is 10.1 Å². The Labute approximate surface area is 112 Å². The Bertz CT molecular complexity index is 671. The normalized spacial score (nSPS) is 11.0. The van der Waals surface area contributed by atoms with Gasteiger partial charge in [0.1, 0.15) is 5.82 Å². The molecule has 0 spiro atoms. The summed E-state index contributed by atoms with van der Waals surface area (Å²) in [5, 5.41) is 0. The van der Waals surface area contributed by atoms with Gasteiger partial charge >= 0.3 is 0 Å². The maximum absolute atomic E-state index is 5.75. The zero-order valence-corrected chi connectivity index (χ0v) is 10.8. The van der Waals surface area contributed by atoms with Gasteiger partial charge in [-0.2, -0.15) is 0 Å². The van der Waals surface area contributed by atoms with Gasteiger partial charge in [-0.25, -0.2) is 4.98 Å². The number of benzene rings is 1. The zero-order valence-electron chi connectivity index (χ0n) is 10.8. The lowest BCUT2D eigenvalue weighted by molar-refractivity contribution is 0.877. The van der Waals surface area contributed by atoms with Crippen molar-refractivity contribution in [1.29, 1.82) is 0 Å². The first-order chi connectivity index (χ1) is 9.38. The molecule has 1 aromatic carbocycles. The molecule has 0 bridgehead atoms. The Balaban J connectivity index is 1.89. The maximum Gasteiger partial charge on any atom is 0.127 e.